The fourth-order valence-electron chi connectivity index (χ4n) is 3.43. The van der Waals surface area contributed by atoms with E-state index in [4.69, 9.17) is 10.00 Å². The lowest BCUT2D eigenvalue weighted by Crippen LogP contribution is -2.90. The summed E-state index contributed by atoms with van der Waals surface area (Å²) in [5, 5.41) is 46.3. The van der Waals surface area contributed by atoms with Crippen molar-refractivity contribution in [3.8, 4) is 6.07 Å². The van der Waals surface area contributed by atoms with Gasteiger partial charge in [0.25, 0.3) is 5.24 Å². The second-order valence-electron chi connectivity index (χ2n) is 7.65. The SMILES string of the molecule is C[NH2+]N/C(=C\NC1C(O)[C@@H](Sc2cnc(C#N)c(Br)c2)OC(CO)[C@@H]1O)C1(C)CSC(=O)N1. The fourth-order valence-corrected chi connectivity index (χ4v) is 6.04. The number of amides is 1. The van der Waals surface area contributed by atoms with Gasteiger partial charge in [-0.3, -0.25) is 4.79 Å². The summed E-state index contributed by atoms with van der Waals surface area (Å²) in [6.45, 7) is 1.43. The predicted octanol–water partition coefficient (Wildman–Crippen LogP) is -1.04. The van der Waals surface area contributed by atoms with Crippen molar-refractivity contribution in [1.29, 1.82) is 5.26 Å². The molecule has 0 radical (unpaired) electrons. The van der Waals surface area contributed by atoms with Crippen molar-refractivity contribution in [2.24, 2.45) is 0 Å². The van der Waals surface area contributed by atoms with Gasteiger partial charge in [0.1, 0.15) is 35.5 Å². The summed E-state index contributed by atoms with van der Waals surface area (Å²) in [5.41, 5.74) is 4.22. The quantitative estimate of drug-likeness (QED) is 0.152. The summed E-state index contributed by atoms with van der Waals surface area (Å²) in [5.74, 6) is 0.511. The molecule has 2 aliphatic heterocycles. The van der Waals surface area contributed by atoms with Gasteiger partial charge in [0.2, 0.25) is 0 Å². The van der Waals surface area contributed by atoms with Crippen LogP contribution in [0.5, 0.6) is 0 Å². The van der Waals surface area contributed by atoms with Crippen molar-refractivity contribution in [2.45, 2.75) is 47.1 Å². The van der Waals surface area contributed by atoms with Crippen molar-refractivity contribution >= 4 is 44.7 Å². The summed E-state index contributed by atoms with van der Waals surface area (Å²) >= 11 is 5.62. The van der Waals surface area contributed by atoms with Crippen molar-refractivity contribution in [3.63, 3.8) is 0 Å². The first-order valence-corrected chi connectivity index (χ1v) is 12.7. The second-order valence-corrected chi connectivity index (χ2v) is 10.6. The standard InChI is InChI=1S/C19H25BrN6O5S2/c1-19(8-32-18(30)25-19)13(26-22-2)6-24-14-15(28)12(7-27)31-17(16(14)29)33-9-3-10(20)11(4-21)23-5-9/h3,5-6,12,14-17,22,24,26-29H,7-8H2,1-2H3,(H,25,30)/p+1/b13-6-/t12?,14?,15-,16?,17+,19?/m0/s1. The van der Waals surface area contributed by atoms with Crippen LogP contribution >= 0.6 is 39.5 Å². The molecule has 0 aliphatic carbocycles. The van der Waals surface area contributed by atoms with E-state index in [0.717, 1.165) is 11.8 Å². The van der Waals surface area contributed by atoms with Gasteiger partial charge in [-0.2, -0.15) is 5.26 Å². The van der Waals surface area contributed by atoms with E-state index in [1.165, 1.54) is 18.0 Å². The van der Waals surface area contributed by atoms with E-state index in [2.05, 4.69) is 37.0 Å². The molecule has 0 saturated carbocycles. The zero-order valence-corrected chi connectivity index (χ0v) is 21.1. The summed E-state index contributed by atoms with van der Waals surface area (Å²) in [6, 6.07) is 2.78. The van der Waals surface area contributed by atoms with Crippen LogP contribution in [0.25, 0.3) is 0 Å². The highest BCUT2D eigenvalue weighted by Crippen LogP contribution is 2.35. The zero-order valence-electron chi connectivity index (χ0n) is 17.9. The van der Waals surface area contributed by atoms with Gasteiger partial charge in [0, 0.05) is 23.0 Å². The Morgan fingerprint density at radius 3 is 2.91 bits per heavy atom. The number of quaternary nitrogens is 1. The minimum atomic E-state index is -1.20. The number of aromatic nitrogens is 1. The molecule has 0 spiro atoms. The minimum Gasteiger partial charge on any atom is -0.394 e. The number of ether oxygens (including phenoxy) is 1. The largest absolute Gasteiger partial charge is 0.394 e. The molecule has 1 amide bonds. The molecule has 14 heteroatoms. The molecule has 180 valence electrons. The van der Waals surface area contributed by atoms with Gasteiger partial charge in [0.15, 0.2) is 5.69 Å². The lowest BCUT2D eigenvalue weighted by Gasteiger charge is -2.42. The topological polar surface area (TPSA) is 176 Å². The zero-order chi connectivity index (χ0) is 24.2. The molecule has 3 rings (SSSR count). The first-order valence-electron chi connectivity index (χ1n) is 10.0. The van der Waals surface area contributed by atoms with Crippen molar-refractivity contribution in [1.82, 2.24) is 21.0 Å². The third-order valence-electron chi connectivity index (χ3n) is 5.24. The van der Waals surface area contributed by atoms with Crippen LogP contribution in [0, 0.1) is 11.3 Å². The Balaban J connectivity index is 1.80. The Morgan fingerprint density at radius 2 is 2.33 bits per heavy atom. The lowest BCUT2D eigenvalue weighted by atomic mass is 9.96. The highest BCUT2D eigenvalue weighted by molar-refractivity contribution is 9.10. The number of rotatable bonds is 8. The number of carbonyl (C=O) groups excluding carboxylic acids is 1. The van der Waals surface area contributed by atoms with Crippen molar-refractivity contribution in [3.05, 3.63) is 34.3 Å². The maximum atomic E-state index is 11.8. The van der Waals surface area contributed by atoms with Gasteiger partial charge in [-0.15, -0.1) is 0 Å². The molecule has 2 saturated heterocycles. The van der Waals surface area contributed by atoms with Crippen molar-refractivity contribution in [2.75, 3.05) is 19.4 Å². The van der Waals surface area contributed by atoms with E-state index >= 15 is 0 Å². The monoisotopic (exact) mass is 561 g/mol. The third kappa shape index (κ3) is 5.92. The second kappa shape index (κ2) is 11.2. The van der Waals surface area contributed by atoms with Gasteiger partial charge >= 0.3 is 0 Å². The van der Waals surface area contributed by atoms with Crippen LogP contribution in [0.3, 0.4) is 0 Å². The minimum absolute atomic E-state index is 0.133. The van der Waals surface area contributed by atoms with Crippen LogP contribution in [0.2, 0.25) is 0 Å². The third-order valence-corrected chi connectivity index (χ3v) is 8.05. The number of aliphatic hydroxyl groups is 3. The van der Waals surface area contributed by atoms with Gasteiger partial charge < -0.3 is 30.7 Å². The molecule has 33 heavy (non-hydrogen) atoms. The van der Waals surface area contributed by atoms with Gasteiger partial charge in [0.05, 0.1) is 29.7 Å². The molecule has 0 bridgehead atoms. The number of nitriles is 1. The number of thioether (sulfide) groups is 2. The van der Waals surface area contributed by atoms with Crippen LogP contribution in [-0.4, -0.2) is 80.3 Å². The van der Waals surface area contributed by atoms with Crippen LogP contribution in [0.4, 0.5) is 4.79 Å². The number of pyridine rings is 1. The van der Waals surface area contributed by atoms with E-state index in [9.17, 15) is 20.1 Å². The maximum Gasteiger partial charge on any atom is 0.279 e. The first-order chi connectivity index (χ1) is 15.7. The molecule has 2 fully saturated rings. The molecular weight excluding hydrogens is 536 g/mol. The average Bonchev–Trinajstić information content (AvgIpc) is 3.14. The number of aliphatic hydroxyl groups excluding tert-OH is 3. The predicted molar refractivity (Wildman–Crippen MR) is 126 cm³/mol. The molecule has 0 aromatic carbocycles. The Kier molecular flexibility index (Phi) is 8.87. The Morgan fingerprint density at radius 1 is 1.58 bits per heavy atom. The number of hydrogen-bond acceptors (Lipinski definition) is 11. The normalized spacial score (nSPS) is 32.2. The lowest BCUT2D eigenvalue weighted by molar-refractivity contribution is -0.679. The Labute approximate surface area is 207 Å². The molecule has 6 atom stereocenters. The molecular formula is C19H26BrN6O5S2+. The van der Waals surface area contributed by atoms with Crippen LogP contribution in [0.15, 0.2) is 33.5 Å². The summed E-state index contributed by atoms with van der Waals surface area (Å²) in [4.78, 5) is 16.4. The summed E-state index contributed by atoms with van der Waals surface area (Å²) in [6.07, 6.45) is -0.184. The highest BCUT2D eigenvalue weighted by Gasteiger charge is 2.45. The molecule has 1 aromatic rings. The van der Waals surface area contributed by atoms with E-state index in [0.29, 0.717) is 20.8 Å². The van der Waals surface area contributed by atoms with Crippen LogP contribution in [-0.2, 0) is 4.74 Å². The maximum absolute atomic E-state index is 11.8. The molecule has 3 heterocycles. The average molecular weight is 562 g/mol. The number of nitrogens with one attached hydrogen (secondary N) is 3. The van der Waals surface area contributed by atoms with Crippen LogP contribution < -0.4 is 21.5 Å². The van der Waals surface area contributed by atoms with Crippen LogP contribution in [0.1, 0.15) is 12.6 Å². The summed E-state index contributed by atoms with van der Waals surface area (Å²) in [7, 11) is 1.80. The molecule has 8 N–H and O–H groups in total. The number of carbonyl (C=O) groups is 1. The van der Waals surface area contributed by atoms with Gasteiger partial charge in [-0.1, -0.05) is 23.5 Å². The Hall–Kier alpha value is -1.57. The molecule has 1 aromatic heterocycles. The molecule has 2 aliphatic rings. The smallest absolute Gasteiger partial charge is 0.279 e. The van der Waals surface area contributed by atoms with Crippen molar-refractivity contribution < 1.29 is 30.3 Å². The first kappa shape index (κ1) is 26.0. The van der Waals surface area contributed by atoms with E-state index in [1.54, 1.807) is 24.7 Å². The number of hydrogen-bond donors (Lipinski definition) is 7. The number of halogens is 1. The highest BCUT2D eigenvalue weighted by atomic mass is 79.9. The van der Waals surface area contributed by atoms with E-state index in [-0.39, 0.29) is 10.9 Å². The molecule has 4 unspecified atom stereocenters. The Bertz CT molecular complexity index is 950. The number of nitrogens with two attached hydrogens (primary N) is 1. The van der Waals surface area contributed by atoms with Gasteiger partial charge in [-0.05, 0) is 28.9 Å². The fraction of sp³-hybridized carbons (Fsp3) is 0.526. The number of nitrogens with zero attached hydrogens (tertiary/aromatic N) is 2. The summed E-state index contributed by atoms with van der Waals surface area (Å²) < 4.78 is 6.25. The van der Waals surface area contributed by atoms with E-state index < -0.39 is 41.9 Å². The van der Waals surface area contributed by atoms with E-state index in [1.807, 2.05) is 13.0 Å². The molecule has 11 nitrogen and oxygen atoms in total. The van der Waals surface area contributed by atoms with Gasteiger partial charge in [-0.25, -0.2) is 15.8 Å².